The van der Waals surface area contributed by atoms with Gasteiger partial charge in [0.15, 0.2) is 0 Å². The van der Waals surface area contributed by atoms with Crippen molar-refractivity contribution in [1.82, 2.24) is 9.38 Å². The largest absolute Gasteiger partial charge is 0.378 e. The first kappa shape index (κ1) is 18.6. The van der Waals surface area contributed by atoms with Crippen molar-refractivity contribution in [2.75, 3.05) is 0 Å². The first-order valence-electron chi connectivity index (χ1n) is 9.40. The lowest BCUT2D eigenvalue weighted by molar-refractivity contribution is 0.143. The van der Waals surface area contributed by atoms with Crippen molar-refractivity contribution in [2.24, 2.45) is 0 Å². The monoisotopic (exact) mass is 376 g/mol. The number of hydrogen-bond donors (Lipinski definition) is 1. The Hall–Kier alpha value is -3.79. The van der Waals surface area contributed by atoms with Gasteiger partial charge in [-0.3, -0.25) is 4.40 Å². The van der Waals surface area contributed by atoms with E-state index in [9.17, 15) is 5.11 Å². The van der Waals surface area contributed by atoms with Crippen LogP contribution in [0.15, 0.2) is 79.0 Å². The molecule has 0 aliphatic heterocycles. The number of imidazole rings is 1. The van der Waals surface area contributed by atoms with Crippen molar-refractivity contribution >= 4 is 5.65 Å². The summed E-state index contributed by atoms with van der Waals surface area (Å²) in [6, 6.07) is 23.7. The van der Waals surface area contributed by atoms with E-state index >= 15 is 0 Å². The van der Waals surface area contributed by atoms with Crippen LogP contribution in [-0.4, -0.2) is 20.1 Å². The van der Waals surface area contributed by atoms with Gasteiger partial charge in [0.25, 0.3) is 0 Å². The molecule has 0 aliphatic rings. The fourth-order valence-electron chi connectivity index (χ4n) is 2.91. The third-order valence-corrected chi connectivity index (χ3v) is 4.28. The van der Waals surface area contributed by atoms with Gasteiger partial charge in [-0.2, -0.15) is 0 Å². The molecule has 0 spiro atoms. The Kier molecular flexibility index (Phi) is 4.92. The Morgan fingerprint density at radius 2 is 1.45 bits per heavy atom. The summed E-state index contributed by atoms with van der Waals surface area (Å²) in [5.74, 6) is 12.4. The smallest absolute Gasteiger partial charge is 0.138 e. The van der Waals surface area contributed by atoms with Crippen LogP contribution in [0.25, 0.3) is 16.9 Å². The lowest BCUT2D eigenvalue weighted by atomic mass is 10.1. The Balaban J connectivity index is 1.87. The molecule has 4 aromatic rings. The zero-order valence-corrected chi connectivity index (χ0v) is 16.3. The lowest BCUT2D eigenvalue weighted by Gasteiger charge is -2.06. The highest BCUT2D eigenvalue weighted by atomic mass is 16.3. The summed E-state index contributed by atoms with van der Waals surface area (Å²) >= 11 is 0. The molecule has 0 radical (unpaired) electrons. The number of nitrogens with zero attached hydrogens (tertiary/aromatic N) is 2. The van der Waals surface area contributed by atoms with Gasteiger partial charge >= 0.3 is 0 Å². The molecule has 1 N–H and O–H groups in total. The molecule has 140 valence electrons. The Bertz CT molecular complexity index is 1270. The van der Waals surface area contributed by atoms with Crippen LogP contribution in [-0.2, 0) is 0 Å². The van der Waals surface area contributed by atoms with Crippen molar-refractivity contribution in [3.63, 3.8) is 0 Å². The van der Waals surface area contributed by atoms with Crippen molar-refractivity contribution in [2.45, 2.75) is 19.4 Å². The van der Waals surface area contributed by atoms with E-state index in [-0.39, 0.29) is 0 Å². The van der Waals surface area contributed by atoms with Crippen molar-refractivity contribution < 1.29 is 5.11 Å². The van der Waals surface area contributed by atoms with Crippen LogP contribution < -0.4 is 0 Å². The van der Waals surface area contributed by atoms with Crippen molar-refractivity contribution in [3.8, 4) is 34.9 Å². The average Bonchev–Trinajstić information content (AvgIpc) is 3.09. The maximum Gasteiger partial charge on any atom is 0.138 e. The number of rotatable bonds is 1. The topological polar surface area (TPSA) is 37.5 Å². The second kappa shape index (κ2) is 7.68. The Morgan fingerprint density at radius 1 is 0.793 bits per heavy atom. The third kappa shape index (κ3) is 4.38. The third-order valence-electron chi connectivity index (χ3n) is 4.28. The number of benzene rings is 2. The lowest BCUT2D eigenvalue weighted by Crippen LogP contribution is -2.14. The molecule has 29 heavy (non-hydrogen) atoms. The van der Waals surface area contributed by atoms with Crippen LogP contribution in [0.4, 0.5) is 0 Å². The standard InChI is InChI=1S/C26H20N2O/c1-26(2,29)18-17-23-25(22-11-7-4-8-12-22)27-24-16-15-21(19-28(23)24)14-13-20-9-5-3-6-10-20/h3-12,15-16,19,29H,1-2H3. The van der Waals surface area contributed by atoms with Crippen LogP contribution in [0.5, 0.6) is 0 Å². The number of aromatic nitrogens is 2. The van der Waals surface area contributed by atoms with Crippen LogP contribution in [0.1, 0.15) is 30.7 Å². The molecule has 3 nitrogen and oxygen atoms in total. The normalized spacial score (nSPS) is 10.7. The first-order valence-corrected chi connectivity index (χ1v) is 9.40. The minimum atomic E-state index is -1.09. The molecule has 0 saturated carbocycles. The van der Waals surface area contributed by atoms with Gasteiger partial charge < -0.3 is 5.11 Å². The summed E-state index contributed by atoms with van der Waals surface area (Å²) in [6.45, 7) is 3.34. The van der Waals surface area contributed by atoms with E-state index in [4.69, 9.17) is 4.98 Å². The highest BCUT2D eigenvalue weighted by Crippen LogP contribution is 2.24. The molecule has 0 saturated heterocycles. The number of hydrogen-bond acceptors (Lipinski definition) is 2. The number of pyridine rings is 1. The fourth-order valence-corrected chi connectivity index (χ4v) is 2.91. The van der Waals surface area contributed by atoms with Gasteiger partial charge in [0.2, 0.25) is 0 Å². The van der Waals surface area contributed by atoms with Crippen molar-refractivity contribution in [1.29, 1.82) is 0 Å². The van der Waals surface area contributed by atoms with E-state index in [1.807, 2.05) is 83.4 Å². The van der Waals surface area contributed by atoms with Gasteiger partial charge in [-0.1, -0.05) is 66.3 Å². The molecule has 2 heterocycles. The first-order chi connectivity index (χ1) is 14.0. The van der Waals surface area contributed by atoms with Gasteiger partial charge in [0, 0.05) is 22.9 Å². The SMILES string of the molecule is CC(C)(O)C#Cc1c(-c2ccccc2)nc2ccc(C#Cc3ccccc3)cn12. The predicted molar refractivity (Wildman–Crippen MR) is 116 cm³/mol. The van der Waals surface area contributed by atoms with Crippen molar-refractivity contribution in [3.05, 3.63) is 95.8 Å². The predicted octanol–water partition coefficient (Wildman–Crippen LogP) is 4.52. The Labute approximate surface area is 170 Å². The molecule has 0 atom stereocenters. The zero-order valence-electron chi connectivity index (χ0n) is 16.3. The van der Waals surface area contributed by atoms with E-state index in [1.165, 1.54) is 0 Å². The highest BCUT2D eigenvalue weighted by molar-refractivity contribution is 5.70. The molecule has 0 unspecified atom stereocenters. The molecule has 0 fully saturated rings. The van der Waals surface area contributed by atoms with Gasteiger partial charge in [-0.15, -0.1) is 0 Å². The van der Waals surface area contributed by atoms with E-state index in [2.05, 4.69) is 23.7 Å². The molecule has 0 amide bonds. The summed E-state index contributed by atoms with van der Waals surface area (Å²) < 4.78 is 1.94. The summed E-state index contributed by atoms with van der Waals surface area (Å²) in [4.78, 5) is 4.77. The maximum absolute atomic E-state index is 10.1. The summed E-state index contributed by atoms with van der Waals surface area (Å²) in [6.07, 6.45) is 1.94. The summed E-state index contributed by atoms with van der Waals surface area (Å²) in [7, 11) is 0. The van der Waals surface area contributed by atoms with E-state index < -0.39 is 5.60 Å². The molecule has 0 bridgehead atoms. The second-order valence-corrected chi connectivity index (χ2v) is 7.25. The molecule has 4 rings (SSSR count). The van der Waals surface area contributed by atoms with Gasteiger partial charge in [0.05, 0.1) is 0 Å². The average molecular weight is 376 g/mol. The molecule has 2 aromatic heterocycles. The minimum Gasteiger partial charge on any atom is -0.378 e. The molecule has 2 aromatic carbocycles. The van der Waals surface area contributed by atoms with Crippen LogP contribution in [0.3, 0.4) is 0 Å². The van der Waals surface area contributed by atoms with Gasteiger partial charge in [-0.25, -0.2) is 4.98 Å². The quantitative estimate of drug-likeness (QED) is 0.496. The maximum atomic E-state index is 10.1. The zero-order chi connectivity index (χ0) is 20.3. The molecular formula is C26H20N2O. The number of fused-ring (bicyclic) bond motifs is 1. The molecule has 3 heteroatoms. The van der Waals surface area contributed by atoms with E-state index in [0.717, 1.165) is 33.7 Å². The number of aliphatic hydroxyl groups is 1. The highest BCUT2D eigenvalue weighted by Gasteiger charge is 2.14. The summed E-state index contributed by atoms with van der Waals surface area (Å²) in [5.41, 5.74) is 4.02. The molecular weight excluding hydrogens is 356 g/mol. The second-order valence-electron chi connectivity index (χ2n) is 7.25. The van der Waals surface area contributed by atoms with E-state index in [0.29, 0.717) is 0 Å². The van der Waals surface area contributed by atoms with Crippen LogP contribution in [0.2, 0.25) is 0 Å². The van der Waals surface area contributed by atoms with E-state index in [1.54, 1.807) is 13.8 Å². The van der Waals surface area contributed by atoms with Crippen LogP contribution in [0, 0.1) is 23.7 Å². The summed E-state index contributed by atoms with van der Waals surface area (Å²) in [5, 5.41) is 10.1. The minimum absolute atomic E-state index is 0.733. The van der Waals surface area contributed by atoms with Gasteiger partial charge in [0.1, 0.15) is 22.6 Å². The molecule has 0 aliphatic carbocycles. The van der Waals surface area contributed by atoms with Crippen LogP contribution >= 0.6 is 0 Å². The fraction of sp³-hybridized carbons (Fsp3) is 0.115. The Morgan fingerprint density at radius 3 is 2.14 bits per heavy atom. The van der Waals surface area contributed by atoms with Gasteiger partial charge in [-0.05, 0) is 44.0 Å².